The maximum absolute atomic E-state index is 12.9. The molecule has 1 aliphatic heterocycles. The van der Waals surface area contributed by atoms with Crippen molar-refractivity contribution in [2.45, 2.75) is 72.6 Å². The molecule has 3 heterocycles. The number of piperidine rings is 1. The van der Waals surface area contributed by atoms with E-state index in [1.165, 1.54) is 10.4 Å². The first-order valence-electron chi connectivity index (χ1n) is 12.1. The lowest BCUT2D eigenvalue weighted by molar-refractivity contribution is -0.151. The van der Waals surface area contributed by atoms with E-state index in [4.69, 9.17) is 9.72 Å². The lowest BCUT2D eigenvalue weighted by atomic mass is 9.72. The van der Waals surface area contributed by atoms with Crippen molar-refractivity contribution in [1.29, 1.82) is 0 Å². The third-order valence-electron chi connectivity index (χ3n) is 7.24. The Balaban J connectivity index is 1.39. The molecule has 180 valence electrons. The zero-order valence-corrected chi connectivity index (χ0v) is 21.0. The van der Waals surface area contributed by atoms with Gasteiger partial charge < -0.3 is 14.6 Å². The third kappa shape index (κ3) is 5.15. The van der Waals surface area contributed by atoms with Gasteiger partial charge in [0.05, 0.1) is 17.9 Å². The molecule has 1 amide bonds. The molecule has 1 saturated heterocycles. The molecule has 4 rings (SSSR count). The number of thiophene rings is 1. The van der Waals surface area contributed by atoms with Crippen molar-refractivity contribution < 1.29 is 14.3 Å². The van der Waals surface area contributed by atoms with Gasteiger partial charge in [0.25, 0.3) is 5.56 Å². The standard InChI is InChI=1S/C25H35N3O4S/c1-5-32-24(31)15-10-12-28(13-11-15)20(29)9-8-19-26-22(30)21-17-7-6-16(25(2,3)4)14-18(17)33-23(21)27-19/h15-16H,5-14H2,1-4H3,(H,26,27,30)/t16-/m1/s1. The molecule has 0 aromatic carbocycles. The van der Waals surface area contributed by atoms with Crippen molar-refractivity contribution in [3.8, 4) is 0 Å². The maximum Gasteiger partial charge on any atom is 0.309 e. The van der Waals surface area contributed by atoms with E-state index < -0.39 is 0 Å². The van der Waals surface area contributed by atoms with Crippen LogP contribution in [-0.4, -0.2) is 46.4 Å². The number of fused-ring (bicyclic) bond motifs is 3. The van der Waals surface area contributed by atoms with Crippen molar-refractivity contribution >= 4 is 33.4 Å². The summed E-state index contributed by atoms with van der Waals surface area (Å²) >= 11 is 1.65. The van der Waals surface area contributed by atoms with E-state index in [1.54, 1.807) is 18.3 Å². The minimum atomic E-state index is -0.160. The summed E-state index contributed by atoms with van der Waals surface area (Å²) in [5.74, 6) is 0.957. The fourth-order valence-electron chi connectivity index (χ4n) is 5.09. The number of esters is 1. The van der Waals surface area contributed by atoms with Crippen LogP contribution in [0.5, 0.6) is 0 Å². The summed E-state index contributed by atoms with van der Waals surface area (Å²) in [4.78, 5) is 49.1. The molecule has 0 saturated carbocycles. The average molecular weight is 474 g/mol. The molecule has 0 spiro atoms. The largest absolute Gasteiger partial charge is 0.466 e. The highest BCUT2D eigenvalue weighted by molar-refractivity contribution is 7.18. The molecule has 2 aromatic rings. The minimum absolute atomic E-state index is 0.0403. The number of nitrogens with one attached hydrogen (secondary N) is 1. The highest BCUT2D eigenvalue weighted by Gasteiger charge is 2.32. The van der Waals surface area contributed by atoms with Gasteiger partial charge in [0, 0.05) is 30.8 Å². The quantitative estimate of drug-likeness (QED) is 0.666. The Morgan fingerprint density at radius 3 is 2.61 bits per heavy atom. The predicted molar refractivity (Wildman–Crippen MR) is 129 cm³/mol. The molecule has 1 aliphatic carbocycles. The summed E-state index contributed by atoms with van der Waals surface area (Å²) < 4.78 is 5.10. The predicted octanol–water partition coefficient (Wildman–Crippen LogP) is 3.87. The van der Waals surface area contributed by atoms with Crippen LogP contribution < -0.4 is 5.56 Å². The first kappa shape index (κ1) is 23.9. The van der Waals surface area contributed by atoms with Gasteiger partial charge in [0.1, 0.15) is 10.7 Å². The maximum atomic E-state index is 12.9. The second-order valence-corrected chi connectivity index (χ2v) is 11.5. The van der Waals surface area contributed by atoms with Crippen LogP contribution in [0.2, 0.25) is 0 Å². The fourth-order valence-corrected chi connectivity index (χ4v) is 6.41. The number of carbonyl (C=O) groups excluding carboxylic acids is 2. The molecular weight excluding hydrogens is 438 g/mol. The van der Waals surface area contributed by atoms with Crippen LogP contribution in [0.1, 0.15) is 69.6 Å². The van der Waals surface area contributed by atoms with Crippen molar-refractivity contribution in [3.63, 3.8) is 0 Å². The molecule has 1 atom stereocenters. The second-order valence-electron chi connectivity index (χ2n) is 10.4. The molecule has 0 bridgehead atoms. The number of rotatable bonds is 5. The van der Waals surface area contributed by atoms with Crippen LogP contribution in [0.3, 0.4) is 0 Å². The Hall–Kier alpha value is -2.22. The first-order valence-corrected chi connectivity index (χ1v) is 13.0. The fraction of sp³-hybridized carbons (Fsp3) is 0.680. The van der Waals surface area contributed by atoms with Gasteiger partial charge in [-0.2, -0.15) is 0 Å². The smallest absolute Gasteiger partial charge is 0.309 e. The molecule has 1 fully saturated rings. The summed E-state index contributed by atoms with van der Waals surface area (Å²) in [7, 11) is 0. The number of aromatic nitrogens is 2. The van der Waals surface area contributed by atoms with Gasteiger partial charge in [-0.15, -0.1) is 11.3 Å². The van der Waals surface area contributed by atoms with E-state index in [-0.39, 0.29) is 28.8 Å². The number of ether oxygens (including phenoxy) is 1. The zero-order valence-electron chi connectivity index (χ0n) is 20.2. The van der Waals surface area contributed by atoms with Crippen LogP contribution in [0.25, 0.3) is 10.2 Å². The normalized spacial score (nSPS) is 19.5. The number of hydrogen-bond donors (Lipinski definition) is 1. The van der Waals surface area contributed by atoms with E-state index in [0.29, 0.717) is 57.1 Å². The van der Waals surface area contributed by atoms with Crippen molar-refractivity contribution in [1.82, 2.24) is 14.9 Å². The molecule has 0 unspecified atom stereocenters. The van der Waals surface area contributed by atoms with E-state index in [0.717, 1.165) is 29.5 Å². The number of aromatic amines is 1. The van der Waals surface area contributed by atoms with E-state index >= 15 is 0 Å². The van der Waals surface area contributed by atoms with Crippen LogP contribution in [-0.2, 0) is 33.6 Å². The number of nitrogens with zero attached hydrogens (tertiary/aromatic N) is 2. The van der Waals surface area contributed by atoms with Crippen molar-refractivity contribution in [2.24, 2.45) is 17.3 Å². The van der Waals surface area contributed by atoms with Gasteiger partial charge in [-0.05, 0) is 55.9 Å². The van der Waals surface area contributed by atoms with E-state index in [2.05, 4.69) is 25.8 Å². The highest BCUT2D eigenvalue weighted by atomic mass is 32.1. The number of likely N-dealkylation sites (tertiary alicyclic amines) is 1. The number of carbonyl (C=O) groups is 2. The molecule has 7 nitrogen and oxygen atoms in total. The topological polar surface area (TPSA) is 92.4 Å². The Morgan fingerprint density at radius 1 is 1.21 bits per heavy atom. The summed E-state index contributed by atoms with van der Waals surface area (Å²) in [5, 5.41) is 0.749. The monoisotopic (exact) mass is 473 g/mol. The Kier molecular flexibility index (Phi) is 6.93. The van der Waals surface area contributed by atoms with E-state index in [1.807, 2.05) is 4.90 Å². The van der Waals surface area contributed by atoms with E-state index in [9.17, 15) is 14.4 Å². The summed E-state index contributed by atoms with van der Waals surface area (Å²) in [6.07, 6.45) is 5.04. The van der Waals surface area contributed by atoms with Gasteiger partial charge in [-0.3, -0.25) is 14.4 Å². The van der Waals surface area contributed by atoms with Gasteiger partial charge in [0.2, 0.25) is 5.91 Å². The summed E-state index contributed by atoms with van der Waals surface area (Å²) in [5.41, 5.74) is 1.35. The van der Waals surface area contributed by atoms with Gasteiger partial charge in [0.15, 0.2) is 0 Å². The Labute approximate surface area is 198 Å². The summed E-state index contributed by atoms with van der Waals surface area (Å²) in [6, 6.07) is 0. The van der Waals surface area contributed by atoms with Crippen LogP contribution >= 0.6 is 11.3 Å². The molecule has 2 aliphatic rings. The highest BCUT2D eigenvalue weighted by Crippen LogP contribution is 2.42. The second kappa shape index (κ2) is 9.57. The van der Waals surface area contributed by atoms with Crippen LogP contribution in [0.4, 0.5) is 0 Å². The van der Waals surface area contributed by atoms with Gasteiger partial charge >= 0.3 is 5.97 Å². The van der Waals surface area contributed by atoms with Crippen LogP contribution in [0.15, 0.2) is 4.79 Å². The molecular formula is C25H35N3O4S. The Bertz CT molecular complexity index is 1090. The average Bonchev–Trinajstić information content (AvgIpc) is 3.15. The third-order valence-corrected chi connectivity index (χ3v) is 8.38. The molecule has 0 radical (unpaired) electrons. The summed E-state index contributed by atoms with van der Waals surface area (Å²) in [6.45, 7) is 10.2. The minimum Gasteiger partial charge on any atom is -0.466 e. The van der Waals surface area contributed by atoms with Crippen LogP contribution in [0, 0.1) is 17.3 Å². The van der Waals surface area contributed by atoms with Gasteiger partial charge in [-0.1, -0.05) is 20.8 Å². The van der Waals surface area contributed by atoms with Crippen molar-refractivity contribution in [2.75, 3.05) is 19.7 Å². The zero-order chi connectivity index (χ0) is 23.8. The molecule has 33 heavy (non-hydrogen) atoms. The number of aryl methyl sites for hydroxylation is 2. The number of hydrogen-bond acceptors (Lipinski definition) is 6. The number of amides is 1. The van der Waals surface area contributed by atoms with Crippen molar-refractivity contribution in [3.05, 3.63) is 26.6 Å². The van der Waals surface area contributed by atoms with Gasteiger partial charge in [-0.25, -0.2) is 4.98 Å². The lowest BCUT2D eigenvalue weighted by Gasteiger charge is -2.33. The molecule has 8 heteroatoms. The number of H-pyrrole nitrogens is 1. The molecule has 2 aromatic heterocycles. The Morgan fingerprint density at radius 2 is 1.94 bits per heavy atom. The molecule has 1 N–H and O–H groups in total. The first-order chi connectivity index (χ1) is 15.7. The lowest BCUT2D eigenvalue weighted by Crippen LogP contribution is -2.40. The SMILES string of the molecule is CCOC(=O)C1CCN(C(=O)CCc2nc3sc4c(c3c(=O)[nH]2)CC[C@@H](C(C)(C)C)C4)CC1.